The van der Waals surface area contributed by atoms with Crippen molar-refractivity contribution in [3.05, 3.63) is 164 Å². The normalized spacial score (nSPS) is 12.3. The van der Waals surface area contributed by atoms with E-state index in [9.17, 15) is 10.2 Å². The van der Waals surface area contributed by atoms with Crippen LogP contribution in [-0.2, 0) is 11.2 Å². The molecule has 0 aliphatic carbocycles. The molecule has 8 aromatic rings. The minimum absolute atomic E-state index is 0.398. The fourth-order valence-electron chi connectivity index (χ4n) is 7.75. The van der Waals surface area contributed by atoms with Crippen molar-refractivity contribution in [3.63, 3.8) is 0 Å². The van der Waals surface area contributed by atoms with Crippen molar-refractivity contribution in [1.82, 2.24) is 0 Å². The van der Waals surface area contributed by atoms with Crippen LogP contribution in [0.3, 0.4) is 0 Å². The Morgan fingerprint density at radius 2 is 0.652 bits per heavy atom. The molecule has 0 aliphatic rings. The summed E-state index contributed by atoms with van der Waals surface area (Å²) in [4.78, 5) is 3.84. The molecule has 0 saturated heterocycles. The van der Waals surface area contributed by atoms with Gasteiger partial charge in [0.2, 0.25) is 0 Å². The Morgan fingerprint density at radius 1 is 0.394 bits per heavy atom. The summed E-state index contributed by atoms with van der Waals surface area (Å²) >= 11 is 6.55. The second-order valence-electron chi connectivity index (χ2n) is 18.6. The van der Waals surface area contributed by atoms with E-state index in [-0.39, 0.29) is 0 Å². The first-order valence-electron chi connectivity index (χ1n) is 22.8. The number of aliphatic hydroxyl groups is 2. The zero-order chi connectivity index (χ0) is 46.6. The van der Waals surface area contributed by atoms with Crippen LogP contribution in [0.25, 0.3) is 30.3 Å². The smallest absolute Gasteiger partial charge is 0.150 e. The Kier molecular flexibility index (Phi) is 14.8. The fraction of sp³-hybridized carbons (Fsp3) is 0.321. The van der Waals surface area contributed by atoms with E-state index in [1.807, 2.05) is 97.1 Å². The van der Waals surface area contributed by atoms with Crippen LogP contribution in [0.15, 0.2) is 132 Å². The van der Waals surface area contributed by atoms with Crippen LogP contribution in [0.5, 0.6) is 23.0 Å². The van der Waals surface area contributed by atoms with Gasteiger partial charge in [-0.3, -0.25) is 0 Å². The average Bonchev–Trinajstić information content (AvgIpc) is 4.14. The number of thiophene rings is 4. The molecule has 10 heteroatoms. The number of hydrogen-bond donors (Lipinski definition) is 2. The van der Waals surface area contributed by atoms with Gasteiger partial charge in [-0.1, -0.05) is 104 Å². The van der Waals surface area contributed by atoms with E-state index in [1.54, 1.807) is 45.3 Å². The van der Waals surface area contributed by atoms with E-state index in [4.69, 9.17) is 18.9 Å². The second kappa shape index (κ2) is 20.5. The molecule has 4 aromatic heterocycles. The Balaban J connectivity index is 1.15. The molecule has 0 amide bonds. The maximum atomic E-state index is 13.2. The van der Waals surface area contributed by atoms with Crippen LogP contribution >= 0.6 is 45.3 Å². The van der Waals surface area contributed by atoms with Gasteiger partial charge in [0.25, 0.3) is 0 Å². The summed E-state index contributed by atoms with van der Waals surface area (Å²) in [6, 6.07) is 40.2. The molecule has 0 bridgehead atoms. The molecule has 0 spiro atoms. The maximum absolute atomic E-state index is 13.2. The molecule has 0 atom stereocenters. The zero-order valence-electron chi connectivity index (χ0n) is 39.0. The van der Waals surface area contributed by atoms with E-state index in [0.29, 0.717) is 50.1 Å². The maximum Gasteiger partial charge on any atom is 0.150 e. The lowest BCUT2D eigenvalue weighted by atomic mass is 9.83. The Bertz CT molecular complexity index is 2460. The Hall–Kier alpha value is -4.94. The first-order chi connectivity index (χ1) is 31.7. The van der Waals surface area contributed by atoms with Crippen LogP contribution < -0.4 is 18.9 Å². The van der Waals surface area contributed by atoms with Crippen molar-refractivity contribution in [1.29, 1.82) is 0 Å². The monoisotopic (exact) mass is 956 g/mol. The lowest BCUT2D eigenvalue weighted by Crippen LogP contribution is -2.28. The SMILES string of the molecule is CC(C)COc1ccc(C(O)(c2ccc(OCC(C)C)cc2)c2sccc2-c2cc3sc(-c4ccsc4C(O)(c4ccc(OCC(C)C)cc4)c4ccc(OCC(C)C)cc4)cc3s2)cc1. The zero-order valence-corrected chi connectivity index (χ0v) is 42.3. The summed E-state index contributed by atoms with van der Waals surface area (Å²) in [6.07, 6.45) is 0. The molecular formula is C56H60O6S4. The summed E-state index contributed by atoms with van der Waals surface area (Å²) in [5.41, 5.74) is 2.11. The summed E-state index contributed by atoms with van der Waals surface area (Å²) < 4.78 is 26.4. The number of hydrogen-bond acceptors (Lipinski definition) is 10. The van der Waals surface area contributed by atoms with Gasteiger partial charge in [-0.2, -0.15) is 0 Å². The van der Waals surface area contributed by atoms with E-state index in [0.717, 1.165) is 85.3 Å². The lowest BCUT2D eigenvalue weighted by Gasteiger charge is -2.30. The van der Waals surface area contributed by atoms with Gasteiger partial charge in [-0.05, 0) is 129 Å². The van der Waals surface area contributed by atoms with Gasteiger partial charge in [0.05, 0.1) is 36.2 Å². The minimum Gasteiger partial charge on any atom is -0.493 e. The van der Waals surface area contributed by atoms with E-state index >= 15 is 0 Å². The summed E-state index contributed by atoms with van der Waals surface area (Å²) in [7, 11) is 0. The highest BCUT2D eigenvalue weighted by Crippen LogP contribution is 2.51. The van der Waals surface area contributed by atoms with Crippen LogP contribution in [0, 0.1) is 23.7 Å². The molecule has 344 valence electrons. The largest absolute Gasteiger partial charge is 0.493 e. The molecule has 0 saturated carbocycles. The van der Waals surface area contributed by atoms with Crippen LogP contribution in [-0.4, -0.2) is 36.6 Å². The first kappa shape index (κ1) is 47.5. The van der Waals surface area contributed by atoms with Crippen LogP contribution in [0.1, 0.15) is 87.4 Å². The van der Waals surface area contributed by atoms with Crippen molar-refractivity contribution >= 4 is 54.7 Å². The quantitative estimate of drug-likeness (QED) is 0.0793. The van der Waals surface area contributed by atoms with E-state index < -0.39 is 11.2 Å². The lowest BCUT2D eigenvalue weighted by molar-refractivity contribution is 0.129. The molecule has 0 radical (unpaired) electrons. The number of benzene rings is 4. The van der Waals surface area contributed by atoms with Gasteiger partial charge >= 0.3 is 0 Å². The molecule has 0 aliphatic heterocycles. The van der Waals surface area contributed by atoms with Crippen LogP contribution in [0.2, 0.25) is 0 Å². The van der Waals surface area contributed by atoms with Gasteiger partial charge < -0.3 is 29.2 Å². The van der Waals surface area contributed by atoms with Crippen LogP contribution in [0.4, 0.5) is 0 Å². The molecule has 6 nitrogen and oxygen atoms in total. The third kappa shape index (κ3) is 10.3. The predicted molar refractivity (Wildman–Crippen MR) is 278 cm³/mol. The third-order valence-corrected chi connectivity index (χ3v) is 15.6. The van der Waals surface area contributed by atoms with Crippen molar-refractivity contribution in [3.8, 4) is 43.9 Å². The third-order valence-electron chi connectivity index (χ3n) is 11.1. The highest BCUT2D eigenvalue weighted by Gasteiger charge is 2.40. The summed E-state index contributed by atoms with van der Waals surface area (Å²) in [5, 5.41) is 30.5. The van der Waals surface area contributed by atoms with Gasteiger partial charge in [0.1, 0.15) is 34.2 Å². The number of ether oxygens (including phenoxy) is 4. The Morgan fingerprint density at radius 3 is 0.894 bits per heavy atom. The van der Waals surface area contributed by atoms with Crippen molar-refractivity contribution in [2.24, 2.45) is 23.7 Å². The minimum atomic E-state index is -1.45. The van der Waals surface area contributed by atoms with Gasteiger partial charge in [0, 0.05) is 30.3 Å². The highest BCUT2D eigenvalue weighted by molar-refractivity contribution is 7.31. The summed E-state index contributed by atoms with van der Waals surface area (Å²) in [5.74, 6) is 4.68. The molecule has 0 unspecified atom stereocenters. The molecule has 8 rings (SSSR count). The second-order valence-corrected chi connectivity index (χ2v) is 22.6. The molecule has 66 heavy (non-hydrogen) atoms. The molecule has 4 aromatic carbocycles. The van der Waals surface area contributed by atoms with Crippen molar-refractivity contribution < 1.29 is 29.2 Å². The molecular weight excluding hydrogens is 897 g/mol. The highest BCUT2D eigenvalue weighted by atomic mass is 32.1. The predicted octanol–water partition coefficient (Wildman–Crippen LogP) is 15.1. The van der Waals surface area contributed by atoms with Gasteiger partial charge in [0.15, 0.2) is 0 Å². The number of fused-ring (bicyclic) bond motifs is 1. The standard InChI is InChI=1S/C56H60O6S4/c1-35(2)31-59-43-17-9-39(10-18-43)55(57,40-11-19-44(20-12-40)60-32-36(3)4)53-47(25-27-63-53)49-29-51-52(65-49)30-50(66-51)48-26-28-64-54(48)56(58,41-13-21-45(22-14-41)61-33-37(5)6)42-15-23-46(24-16-42)62-34-38(7)8/h9-30,35-38,57-58H,31-34H2,1-8H3. The van der Waals surface area contributed by atoms with E-state index in [2.05, 4.69) is 90.4 Å². The topological polar surface area (TPSA) is 77.4 Å². The van der Waals surface area contributed by atoms with Gasteiger partial charge in [-0.15, -0.1) is 45.3 Å². The van der Waals surface area contributed by atoms with Crippen molar-refractivity contribution in [2.45, 2.75) is 66.6 Å². The van der Waals surface area contributed by atoms with Gasteiger partial charge in [-0.25, -0.2) is 0 Å². The van der Waals surface area contributed by atoms with E-state index in [1.165, 1.54) is 0 Å². The first-order valence-corrected chi connectivity index (χ1v) is 26.2. The van der Waals surface area contributed by atoms with Crippen molar-refractivity contribution in [2.75, 3.05) is 26.4 Å². The summed E-state index contributed by atoms with van der Waals surface area (Å²) in [6.45, 7) is 19.5. The number of rotatable bonds is 20. The average molecular weight is 957 g/mol. The molecule has 2 N–H and O–H groups in total. The Labute approximate surface area is 406 Å². The molecule has 0 fully saturated rings. The fourth-order valence-corrected chi connectivity index (χ4v) is 12.4. The molecule has 4 heterocycles.